The highest BCUT2D eigenvalue weighted by atomic mass is 16.5. The van der Waals surface area contributed by atoms with Gasteiger partial charge in [0, 0.05) is 12.3 Å². The monoisotopic (exact) mass is 342 g/mol. The quantitative estimate of drug-likeness (QED) is 0.639. The van der Waals surface area contributed by atoms with Crippen LogP contribution in [0.3, 0.4) is 0 Å². The molecule has 3 rings (SSSR count). The maximum absolute atomic E-state index is 12.1. The van der Waals surface area contributed by atoms with Crippen LogP contribution in [-0.4, -0.2) is 40.3 Å². The van der Waals surface area contributed by atoms with E-state index in [2.05, 4.69) is 10.4 Å². The maximum Gasteiger partial charge on any atom is 0.350 e. The summed E-state index contributed by atoms with van der Waals surface area (Å²) in [6.07, 6.45) is 1.61. The summed E-state index contributed by atoms with van der Waals surface area (Å²) in [7, 11) is 1.58. The SMILES string of the molecule is COc1cccc(OCCNC(=O)Cn2nc3ccccn3c2=O)c1. The standard InChI is InChI=1S/C17H18N4O4/c1-24-13-5-4-6-14(11-13)25-10-8-18-16(22)12-21-17(23)20-9-3-2-7-15(20)19-21/h2-7,9,11H,8,10,12H2,1H3,(H,18,22). The fourth-order valence-corrected chi connectivity index (χ4v) is 2.31. The van der Waals surface area contributed by atoms with Gasteiger partial charge in [0.25, 0.3) is 0 Å². The van der Waals surface area contributed by atoms with Gasteiger partial charge < -0.3 is 14.8 Å². The van der Waals surface area contributed by atoms with Gasteiger partial charge in [0.15, 0.2) is 5.65 Å². The summed E-state index contributed by atoms with van der Waals surface area (Å²) in [5.41, 5.74) is 0.153. The average molecular weight is 342 g/mol. The van der Waals surface area contributed by atoms with Gasteiger partial charge in [0.1, 0.15) is 24.7 Å². The minimum Gasteiger partial charge on any atom is -0.497 e. The lowest BCUT2D eigenvalue weighted by Gasteiger charge is -2.08. The van der Waals surface area contributed by atoms with E-state index in [1.165, 1.54) is 4.40 Å². The van der Waals surface area contributed by atoms with Crippen molar-refractivity contribution in [1.29, 1.82) is 0 Å². The molecular formula is C17H18N4O4. The number of benzene rings is 1. The molecule has 0 atom stereocenters. The molecule has 0 unspecified atom stereocenters. The molecule has 8 heteroatoms. The fourth-order valence-electron chi connectivity index (χ4n) is 2.31. The highest BCUT2D eigenvalue weighted by molar-refractivity contribution is 5.75. The molecule has 1 aromatic carbocycles. The van der Waals surface area contributed by atoms with Gasteiger partial charge in [-0.3, -0.25) is 9.20 Å². The van der Waals surface area contributed by atoms with E-state index >= 15 is 0 Å². The van der Waals surface area contributed by atoms with Crippen LogP contribution in [0.1, 0.15) is 0 Å². The molecule has 130 valence electrons. The minimum atomic E-state index is -0.349. The number of nitrogens with one attached hydrogen (secondary N) is 1. The summed E-state index contributed by atoms with van der Waals surface area (Å²) in [6, 6.07) is 12.4. The topological polar surface area (TPSA) is 86.9 Å². The Labute approximate surface area is 143 Å². The Morgan fingerprint density at radius 2 is 2.04 bits per heavy atom. The van der Waals surface area contributed by atoms with Gasteiger partial charge in [-0.15, -0.1) is 5.10 Å². The Kier molecular flexibility index (Phi) is 4.98. The van der Waals surface area contributed by atoms with Crippen molar-refractivity contribution in [1.82, 2.24) is 19.5 Å². The van der Waals surface area contributed by atoms with Crippen LogP contribution in [0.4, 0.5) is 0 Å². The number of amides is 1. The van der Waals surface area contributed by atoms with Crippen LogP contribution in [0.25, 0.3) is 5.65 Å². The Bertz CT molecular complexity index is 932. The number of pyridine rings is 1. The Morgan fingerprint density at radius 3 is 2.84 bits per heavy atom. The van der Waals surface area contributed by atoms with Gasteiger partial charge in [-0.1, -0.05) is 12.1 Å². The summed E-state index contributed by atoms with van der Waals surface area (Å²) in [5.74, 6) is 1.05. The first kappa shape index (κ1) is 16.6. The lowest BCUT2D eigenvalue weighted by Crippen LogP contribution is -2.34. The Morgan fingerprint density at radius 1 is 1.20 bits per heavy atom. The van der Waals surface area contributed by atoms with Crippen LogP contribution in [0.2, 0.25) is 0 Å². The van der Waals surface area contributed by atoms with E-state index in [1.54, 1.807) is 43.6 Å². The van der Waals surface area contributed by atoms with Crippen molar-refractivity contribution < 1.29 is 14.3 Å². The second-order valence-corrected chi connectivity index (χ2v) is 5.25. The molecule has 2 heterocycles. The molecule has 2 aromatic heterocycles. The van der Waals surface area contributed by atoms with E-state index in [9.17, 15) is 9.59 Å². The first-order chi connectivity index (χ1) is 12.2. The normalized spacial score (nSPS) is 10.6. The molecule has 0 radical (unpaired) electrons. The summed E-state index contributed by atoms with van der Waals surface area (Å²) in [4.78, 5) is 24.0. The number of hydrogen-bond donors (Lipinski definition) is 1. The lowest BCUT2D eigenvalue weighted by atomic mass is 10.3. The molecule has 0 aliphatic heterocycles. The Hall–Kier alpha value is -3.29. The van der Waals surface area contributed by atoms with Crippen molar-refractivity contribution in [2.24, 2.45) is 0 Å². The average Bonchev–Trinajstić information content (AvgIpc) is 2.95. The van der Waals surface area contributed by atoms with Gasteiger partial charge in [0.2, 0.25) is 5.91 Å². The third kappa shape index (κ3) is 3.97. The highest BCUT2D eigenvalue weighted by Crippen LogP contribution is 2.18. The summed E-state index contributed by atoms with van der Waals surface area (Å²) >= 11 is 0. The second-order valence-electron chi connectivity index (χ2n) is 5.25. The molecule has 1 amide bonds. The van der Waals surface area contributed by atoms with Crippen LogP contribution >= 0.6 is 0 Å². The number of hydrogen-bond acceptors (Lipinski definition) is 5. The van der Waals surface area contributed by atoms with Crippen LogP contribution in [-0.2, 0) is 11.3 Å². The van der Waals surface area contributed by atoms with Gasteiger partial charge in [-0.05, 0) is 24.3 Å². The van der Waals surface area contributed by atoms with E-state index in [4.69, 9.17) is 9.47 Å². The summed E-state index contributed by atoms with van der Waals surface area (Å²) in [6.45, 7) is 0.483. The van der Waals surface area contributed by atoms with Gasteiger partial charge in [-0.25, -0.2) is 9.48 Å². The summed E-state index contributed by atoms with van der Waals surface area (Å²) < 4.78 is 13.2. The van der Waals surface area contributed by atoms with Crippen molar-refractivity contribution in [3.8, 4) is 11.5 Å². The van der Waals surface area contributed by atoms with Crippen LogP contribution in [0.15, 0.2) is 53.5 Å². The van der Waals surface area contributed by atoms with Gasteiger partial charge >= 0.3 is 5.69 Å². The van der Waals surface area contributed by atoms with Crippen LogP contribution < -0.4 is 20.5 Å². The molecule has 0 saturated heterocycles. The third-order valence-corrected chi connectivity index (χ3v) is 3.52. The van der Waals surface area contributed by atoms with E-state index in [0.717, 1.165) is 4.68 Å². The first-order valence-electron chi connectivity index (χ1n) is 7.75. The van der Waals surface area contributed by atoms with Gasteiger partial charge in [-0.2, -0.15) is 0 Å². The predicted octanol–water partition coefficient (Wildman–Crippen LogP) is 0.700. The zero-order chi connectivity index (χ0) is 17.6. The van der Waals surface area contributed by atoms with Crippen molar-refractivity contribution in [2.45, 2.75) is 6.54 Å². The largest absolute Gasteiger partial charge is 0.497 e. The number of nitrogens with zero attached hydrogens (tertiary/aromatic N) is 3. The number of carbonyl (C=O) groups excluding carboxylic acids is 1. The Balaban J connectivity index is 1.49. The van der Waals surface area contributed by atoms with Crippen molar-refractivity contribution >= 4 is 11.6 Å². The molecule has 0 fully saturated rings. The summed E-state index contributed by atoms with van der Waals surface area (Å²) in [5, 5.41) is 6.81. The smallest absolute Gasteiger partial charge is 0.350 e. The van der Waals surface area contributed by atoms with E-state index in [1.807, 2.05) is 12.1 Å². The lowest BCUT2D eigenvalue weighted by molar-refractivity contribution is -0.122. The van der Waals surface area contributed by atoms with Crippen molar-refractivity contribution in [3.63, 3.8) is 0 Å². The van der Waals surface area contributed by atoms with E-state index < -0.39 is 0 Å². The number of methoxy groups -OCH3 is 1. The maximum atomic E-state index is 12.1. The molecule has 0 saturated carbocycles. The predicted molar refractivity (Wildman–Crippen MR) is 91.0 cm³/mol. The second kappa shape index (κ2) is 7.52. The fraction of sp³-hybridized carbons (Fsp3) is 0.235. The molecule has 0 bridgehead atoms. The molecule has 8 nitrogen and oxygen atoms in total. The molecule has 0 aliphatic rings. The van der Waals surface area contributed by atoms with Crippen molar-refractivity contribution in [2.75, 3.05) is 20.3 Å². The molecular weight excluding hydrogens is 324 g/mol. The third-order valence-electron chi connectivity index (χ3n) is 3.52. The van der Waals surface area contributed by atoms with Crippen LogP contribution in [0, 0.1) is 0 Å². The van der Waals surface area contributed by atoms with Crippen LogP contribution in [0.5, 0.6) is 11.5 Å². The molecule has 3 aromatic rings. The minimum absolute atomic E-state index is 0.139. The molecule has 1 N–H and O–H groups in total. The zero-order valence-corrected chi connectivity index (χ0v) is 13.7. The number of aromatic nitrogens is 3. The zero-order valence-electron chi connectivity index (χ0n) is 13.7. The van der Waals surface area contributed by atoms with E-state index in [0.29, 0.717) is 30.3 Å². The molecule has 0 spiro atoms. The number of rotatable bonds is 7. The number of carbonyl (C=O) groups is 1. The van der Waals surface area contributed by atoms with E-state index in [-0.39, 0.29) is 18.1 Å². The number of ether oxygens (including phenoxy) is 2. The molecule has 0 aliphatic carbocycles. The highest BCUT2D eigenvalue weighted by Gasteiger charge is 2.09. The molecule has 25 heavy (non-hydrogen) atoms. The van der Waals surface area contributed by atoms with Crippen molar-refractivity contribution in [3.05, 3.63) is 59.1 Å². The van der Waals surface area contributed by atoms with Gasteiger partial charge in [0.05, 0.1) is 13.7 Å². The first-order valence-corrected chi connectivity index (χ1v) is 7.75. The number of fused-ring (bicyclic) bond motifs is 1.